The number of nitrogens with two attached hydrogens (primary N) is 1. The molecule has 12 heteroatoms. The Labute approximate surface area is 190 Å². The molecule has 1 aliphatic rings. The molecule has 0 aliphatic carbocycles. The van der Waals surface area contributed by atoms with Gasteiger partial charge in [-0.25, -0.2) is 8.78 Å². The summed E-state index contributed by atoms with van der Waals surface area (Å²) in [7, 11) is -0.794. The number of benzene rings is 2. The van der Waals surface area contributed by atoms with E-state index in [0.29, 0.717) is 11.5 Å². The van der Waals surface area contributed by atoms with Crippen molar-refractivity contribution in [3.63, 3.8) is 0 Å². The highest BCUT2D eigenvalue weighted by atomic mass is 19.4. The Morgan fingerprint density at radius 1 is 1.03 bits per heavy atom. The summed E-state index contributed by atoms with van der Waals surface area (Å²) < 4.78 is 87.8. The average Bonchev–Trinajstić information content (AvgIpc) is 3.16. The lowest BCUT2D eigenvalue weighted by Crippen LogP contribution is -2.41. The van der Waals surface area contributed by atoms with Gasteiger partial charge in [-0.05, 0) is 45.3 Å². The molecule has 0 unspecified atom stereocenters. The van der Waals surface area contributed by atoms with Crippen molar-refractivity contribution in [3.05, 3.63) is 47.5 Å². The second-order valence-corrected chi connectivity index (χ2v) is 8.83. The molecule has 2 heterocycles. The molecule has 180 valence electrons. The molecule has 1 amide bonds. The van der Waals surface area contributed by atoms with Crippen LogP contribution in [0.25, 0.3) is 22.3 Å². The van der Waals surface area contributed by atoms with Crippen LogP contribution >= 0.6 is 0 Å². The molecule has 1 fully saturated rings. The van der Waals surface area contributed by atoms with Gasteiger partial charge in [0.2, 0.25) is 0 Å². The van der Waals surface area contributed by atoms with Gasteiger partial charge in [-0.2, -0.15) is 0 Å². The Hall–Kier alpha value is -3.12. The van der Waals surface area contributed by atoms with Gasteiger partial charge in [0.1, 0.15) is 11.3 Å². The van der Waals surface area contributed by atoms with Crippen molar-refractivity contribution in [1.82, 2.24) is 0 Å². The number of carbonyl (C=O) groups is 1. The number of primary amides is 1. The van der Waals surface area contributed by atoms with Gasteiger partial charge in [0.05, 0.1) is 22.3 Å². The number of rotatable bonds is 4. The minimum Gasteiger partial charge on any atom is -0.455 e. The number of hydrogen-bond donors (Lipinski definition) is 1. The Morgan fingerprint density at radius 3 is 2.21 bits per heavy atom. The first-order valence-electron chi connectivity index (χ1n) is 10.1. The van der Waals surface area contributed by atoms with Crippen molar-refractivity contribution in [3.8, 4) is 17.1 Å². The van der Waals surface area contributed by atoms with Crippen LogP contribution in [-0.4, -0.2) is 30.6 Å². The Morgan fingerprint density at radius 2 is 1.65 bits per heavy atom. The molecule has 0 saturated carbocycles. The maximum atomic E-state index is 14.6. The zero-order chi connectivity index (χ0) is 25.2. The predicted octanol–water partition coefficient (Wildman–Crippen LogP) is 4.67. The van der Waals surface area contributed by atoms with Crippen LogP contribution in [0.2, 0.25) is 0 Å². The summed E-state index contributed by atoms with van der Waals surface area (Å²) in [5.41, 5.74) is 3.61. The zero-order valence-corrected chi connectivity index (χ0v) is 18.5. The van der Waals surface area contributed by atoms with Crippen molar-refractivity contribution < 1.29 is 45.2 Å². The molecule has 0 bridgehead atoms. The molecule has 1 saturated heterocycles. The Kier molecular flexibility index (Phi) is 5.44. The number of furan rings is 1. The fourth-order valence-corrected chi connectivity index (χ4v) is 3.60. The molecule has 34 heavy (non-hydrogen) atoms. The fraction of sp³-hybridized carbons (Fsp3) is 0.318. The first-order chi connectivity index (χ1) is 15.6. The van der Waals surface area contributed by atoms with Gasteiger partial charge in [-0.3, -0.25) is 4.79 Å². The van der Waals surface area contributed by atoms with E-state index < -0.39 is 59.3 Å². The van der Waals surface area contributed by atoms with Gasteiger partial charge in [0.25, 0.3) is 5.91 Å². The third-order valence-electron chi connectivity index (χ3n) is 5.97. The monoisotopic (exact) mass is 483 g/mol. The molecule has 0 spiro atoms. The van der Waals surface area contributed by atoms with E-state index in [-0.39, 0.29) is 22.6 Å². The van der Waals surface area contributed by atoms with E-state index in [1.807, 2.05) is 27.7 Å². The summed E-state index contributed by atoms with van der Waals surface area (Å²) in [6.07, 6.45) is -5.15. The van der Waals surface area contributed by atoms with E-state index >= 15 is 0 Å². The molecule has 4 rings (SSSR count). The summed E-state index contributed by atoms with van der Waals surface area (Å²) >= 11 is 0. The molecule has 2 aromatic carbocycles. The molecular formula is C22H19BF5NO5. The van der Waals surface area contributed by atoms with Gasteiger partial charge in [0.15, 0.2) is 17.4 Å². The highest BCUT2D eigenvalue weighted by molar-refractivity contribution is 6.62. The first-order valence-corrected chi connectivity index (χ1v) is 10.1. The molecule has 1 aromatic heterocycles. The summed E-state index contributed by atoms with van der Waals surface area (Å²) in [4.78, 5) is 12.2. The summed E-state index contributed by atoms with van der Waals surface area (Å²) in [5.74, 6) is -5.81. The topological polar surface area (TPSA) is 83.9 Å². The lowest BCUT2D eigenvalue weighted by molar-refractivity contribution is -0.274. The van der Waals surface area contributed by atoms with Crippen LogP contribution in [0.15, 0.2) is 34.7 Å². The SMILES string of the molecule is CC1(C)OB(c2ccc3c(C(N)=O)c(-c4cc(OC(F)(F)F)cc(F)c4F)oc3c2)OC1(C)C. The van der Waals surface area contributed by atoms with Gasteiger partial charge >= 0.3 is 13.5 Å². The van der Waals surface area contributed by atoms with Crippen molar-refractivity contribution in [1.29, 1.82) is 0 Å². The van der Waals surface area contributed by atoms with Crippen molar-refractivity contribution >= 4 is 29.5 Å². The molecule has 6 nitrogen and oxygen atoms in total. The molecule has 2 N–H and O–H groups in total. The van der Waals surface area contributed by atoms with Crippen LogP contribution in [0.4, 0.5) is 22.0 Å². The number of fused-ring (bicyclic) bond motifs is 1. The molecular weight excluding hydrogens is 464 g/mol. The van der Waals surface area contributed by atoms with Gasteiger partial charge in [-0.1, -0.05) is 12.1 Å². The normalized spacial score (nSPS) is 17.4. The van der Waals surface area contributed by atoms with Crippen LogP contribution in [0, 0.1) is 11.6 Å². The lowest BCUT2D eigenvalue weighted by Gasteiger charge is -2.32. The Bertz CT molecular complexity index is 1290. The second-order valence-electron chi connectivity index (χ2n) is 8.83. The maximum Gasteiger partial charge on any atom is 0.573 e. The van der Waals surface area contributed by atoms with Crippen LogP contribution in [0.1, 0.15) is 38.1 Å². The lowest BCUT2D eigenvalue weighted by atomic mass is 9.79. The van der Waals surface area contributed by atoms with Crippen molar-refractivity contribution in [2.45, 2.75) is 45.3 Å². The smallest absolute Gasteiger partial charge is 0.455 e. The van der Waals surface area contributed by atoms with Crippen LogP contribution < -0.4 is 15.9 Å². The maximum absolute atomic E-state index is 14.6. The van der Waals surface area contributed by atoms with E-state index in [9.17, 15) is 26.7 Å². The number of hydrogen-bond acceptors (Lipinski definition) is 5. The first kappa shape index (κ1) is 24.0. The standard InChI is InChI=1S/C22H19BF5NO5/c1-20(2)21(3,4)34-23(33-20)10-5-6-12-15(7-10)31-18(16(12)19(29)30)13-8-11(32-22(26,27)28)9-14(24)17(13)25/h5-9H,1-4H3,(H2,29,30). The van der Waals surface area contributed by atoms with E-state index in [0.717, 1.165) is 0 Å². The largest absolute Gasteiger partial charge is 0.573 e. The van der Waals surface area contributed by atoms with Crippen LogP contribution in [0.3, 0.4) is 0 Å². The Balaban J connectivity index is 1.85. The zero-order valence-electron chi connectivity index (χ0n) is 18.5. The minimum absolute atomic E-state index is 0.0398. The van der Waals surface area contributed by atoms with Crippen LogP contribution in [-0.2, 0) is 9.31 Å². The van der Waals surface area contributed by atoms with E-state index in [4.69, 9.17) is 19.5 Å². The van der Waals surface area contributed by atoms with Gasteiger partial charge in [-0.15, -0.1) is 13.2 Å². The number of ether oxygens (including phenoxy) is 1. The summed E-state index contributed by atoms with van der Waals surface area (Å²) in [5, 5.41) is 0.143. The molecule has 0 radical (unpaired) electrons. The number of amides is 1. The molecule has 3 aromatic rings. The minimum atomic E-state index is -5.15. The van der Waals surface area contributed by atoms with E-state index in [1.54, 1.807) is 6.07 Å². The highest BCUT2D eigenvalue weighted by Crippen LogP contribution is 2.39. The van der Waals surface area contributed by atoms with Crippen LogP contribution in [0.5, 0.6) is 5.75 Å². The average molecular weight is 483 g/mol. The van der Waals surface area contributed by atoms with Crippen molar-refractivity contribution in [2.75, 3.05) is 0 Å². The van der Waals surface area contributed by atoms with Gasteiger partial charge in [0, 0.05) is 11.5 Å². The van der Waals surface area contributed by atoms with E-state index in [2.05, 4.69) is 4.74 Å². The number of carbonyl (C=O) groups excluding carboxylic acids is 1. The fourth-order valence-electron chi connectivity index (χ4n) is 3.60. The quantitative estimate of drug-likeness (QED) is 0.431. The molecule has 0 atom stereocenters. The van der Waals surface area contributed by atoms with E-state index in [1.165, 1.54) is 12.1 Å². The van der Waals surface area contributed by atoms with Crippen molar-refractivity contribution in [2.24, 2.45) is 5.73 Å². The predicted molar refractivity (Wildman–Crippen MR) is 112 cm³/mol. The second kappa shape index (κ2) is 7.71. The summed E-state index contributed by atoms with van der Waals surface area (Å²) in [6.45, 7) is 7.42. The number of alkyl halides is 3. The van der Waals surface area contributed by atoms with Gasteiger partial charge < -0.3 is 24.2 Å². The third kappa shape index (κ3) is 4.11. The third-order valence-corrected chi connectivity index (χ3v) is 5.97. The highest BCUT2D eigenvalue weighted by Gasteiger charge is 2.51. The molecule has 1 aliphatic heterocycles. The summed E-state index contributed by atoms with van der Waals surface area (Å²) in [6, 6.07) is 5.31. The number of halogens is 5.